The van der Waals surface area contributed by atoms with Crippen molar-refractivity contribution in [2.75, 3.05) is 67.7 Å². The van der Waals surface area contributed by atoms with Crippen molar-refractivity contribution in [3.05, 3.63) is 36.0 Å². The van der Waals surface area contributed by atoms with Crippen molar-refractivity contribution >= 4 is 17.6 Å². The lowest BCUT2D eigenvalue weighted by atomic mass is 10.2. The van der Waals surface area contributed by atoms with E-state index in [9.17, 15) is 0 Å². The second-order valence-corrected chi connectivity index (χ2v) is 6.96. The predicted molar refractivity (Wildman–Crippen MR) is 114 cm³/mol. The lowest BCUT2D eigenvalue weighted by molar-refractivity contribution is 0.121. The molecule has 1 N–H and O–H groups in total. The van der Waals surface area contributed by atoms with Gasteiger partial charge >= 0.3 is 0 Å². The van der Waals surface area contributed by atoms with Crippen LogP contribution in [-0.4, -0.2) is 67.6 Å². The maximum atomic E-state index is 8.84. The number of aromatic nitrogens is 3. The number of ether oxygens (including phenoxy) is 2. The van der Waals surface area contributed by atoms with Gasteiger partial charge in [0.1, 0.15) is 17.7 Å². The van der Waals surface area contributed by atoms with Crippen LogP contribution in [0.5, 0.6) is 0 Å². The summed E-state index contributed by atoms with van der Waals surface area (Å²) in [6.07, 6.45) is 1.38. The molecule has 0 atom stereocenters. The number of nitrogens with zero attached hydrogens (tertiary/aromatic N) is 7. The van der Waals surface area contributed by atoms with Gasteiger partial charge in [-0.2, -0.15) is 25.5 Å². The zero-order valence-corrected chi connectivity index (χ0v) is 17.0. The highest BCUT2D eigenvalue weighted by Gasteiger charge is 2.21. The van der Waals surface area contributed by atoms with Gasteiger partial charge in [-0.1, -0.05) is 0 Å². The van der Waals surface area contributed by atoms with Crippen molar-refractivity contribution < 1.29 is 9.47 Å². The first-order chi connectivity index (χ1) is 15.3. The fraction of sp³-hybridized carbons (Fsp3) is 0.381. The minimum absolute atomic E-state index is 0.00634. The van der Waals surface area contributed by atoms with Gasteiger partial charge in [0.25, 0.3) is 0 Å². The standard InChI is InChI=1S/C21H22N8O2/c22-13-16(14-23)15-24-18-3-1-17(2-4-18)19-25-20(28-5-9-30-10-6-28)27-21(26-19)29-7-11-31-12-8-29/h1-4,15,24H,5-12H2. The van der Waals surface area contributed by atoms with E-state index in [-0.39, 0.29) is 5.57 Å². The van der Waals surface area contributed by atoms with E-state index in [2.05, 4.69) is 15.1 Å². The van der Waals surface area contributed by atoms with Gasteiger partial charge in [-0.05, 0) is 24.3 Å². The summed E-state index contributed by atoms with van der Waals surface area (Å²) < 4.78 is 10.9. The topological polar surface area (TPSA) is 123 Å². The molecular weight excluding hydrogens is 396 g/mol. The second kappa shape index (κ2) is 9.85. The highest BCUT2D eigenvalue weighted by atomic mass is 16.5. The van der Waals surface area contributed by atoms with Crippen molar-refractivity contribution in [3.63, 3.8) is 0 Å². The first kappa shape index (κ1) is 20.5. The molecule has 0 amide bonds. The molecule has 2 aliphatic heterocycles. The summed E-state index contributed by atoms with van der Waals surface area (Å²) in [7, 11) is 0. The molecule has 0 spiro atoms. The van der Waals surface area contributed by atoms with Crippen molar-refractivity contribution in [1.82, 2.24) is 15.0 Å². The minimum atomic E-state index is 0.00634. The van der Waals surface area contributed by atoms with Crippen LogP contribution in [0.4, 0.5) is 17.6 Å². The Kier molecular flexibility index (Phi) is 6.53. The molecule has 1 aromatic carbocycles. The Hall–Kier alpha value is -3.73. The Bertz CT molecular complexity index is 961. The molecule has 158 valence electrons. The van der Waals surface area contributed by atoms with E-state index >= 15 is 0 Å². The van der Waals surface area contributed by atoms with Crippen LogP contribution in [0, 0.1) is 22.7 Å². The smallest absolute Gasteiger partial charge is 0.230 e. The third-order valence-electron chi connectivity index (χ3n) is 4.97. The lowest BCUT2D eigenvalue weighted by Gasteiger charge is -2.30. The quantitative estimate of drug-likeness (QED) is 0.715. The third-order valence-corrected chi connectivity index (χ3v) is 4.97. The maximum absolute atomic E-state index is 8.84. The number of nitriles is 2. The SMILES string of the molecule is N#CC(C#N)=CNc1ccc(-c2nc(N3CCOCC3)nc(N3CCOCC3)n2)cc1. The minimum Gasteiger partial charge on any atom is -0.378 e. The number of benzene rings is 1. The van der Waals surface area contributed by atoms with Gasteiger partial charge in [0.15, 0.2) is 5.82 Å². The summed E-state index contributed by atoms with van der Waals surface area (Å²) in [4.78, 5) is 18.4. The van der Waals surface area contributed by atoms with E-state index in [1.165, 1.54) is 6.20 Å². The van der Waals surface area contributed by atoms with Gasteiger partial charge in [-0.25, -0.2) is 0 Å². The molecule has 2 aliphatic rings. The van der Waals surface area contributed by atoms with E-state index in [1.54, 1.807) is 0 Å². The van der Waals surface area contributed by atoms with Gasteiger partial charge in [0.05, 0.1) is 26.4 Å². The average Bonchev–Trinajstić information content (AvgIpc) is 2.86. The van der Waals surface area contributed by atoms with Gasteiger partial charge < -0.3 is 24.6 Å². The molecule has 2 aromatic rings. The van der Waals surface area contributed by atoms with Gasteiger partial charge in [-0.15, -0.1) is 0 Å². The molecule has 10 nitrogen and oxygen atoms in total. The van der Waals surface area contributed by atoms with Gasteiger partial charge in [0.2, 0.25) is 11.9 Å². The number of rotatable bonds is 5. The normalized spacial score (nSPS) is 16.2. The molecule has 31 heavy (non-hydrogen) atoms. The molecule has 4 rings (SSSR count). The largest absolute Gasteiger partial charge is 0.378 e. The number of anilines is 3. The fourth-order valence-corrected chi connectivity index (χ4v) is 3.25. The van der Waals surface area contributed by atoms with Crippen molar-refractivity contribution in [1.29, 1.82) is 10.5 Å². The molecule has 0 saturated carbocycles. The average molecular weight is 418 g/mol. The molecule has 0 unspecified atom stereocenters. The fourth-order valence-electron chi connectivity index (χ4n) is 3.25. The molecule has 0 bridgehead atoms. The maximum Gasteiger partial charge on any atom is 0.230 e. The Morgan fingerprint density at radius 3 is 1.84 bits per heavy atom. The van der Waals surface area contributed by atoms with Crippen LogP contribution in [0.1, 0.15) is 0 Å². The van der Waals surface area contributed by atoms with E-state index in [4.69, 9.17) is 34.9 Å². The van der Waals surface area contributed by atoms with Crippen LogP contribution < -0.4 is 15.1 Å². The summed E-state index contributed by atoms with van der Waals surface area (Å²) in [5, 5.41) is 20.6. The number of morpholine rings is 2. The molecule has 10 heteroatoms. The van der Waals surface area contributed by atoms with Crippen LogP contribution in [0.15, 0.2) is 36.0 Å². The molecule has 1 aromatic heterocycles. The van der Waals surface area contributed by atoms with E-state index in [0.717, 1.165) is 37.4 Å². The third kappa shape index (κ3) is 5.07. The first-order valence-electron chi connectivity index (χ1n) is 10.1. The Labute approximate surface area is 180 Å². The lowest BCUT2D eigenvalue weighted by Crippen LogP contribution is -2.40. The Morgan fingerprint density at radius 1 is 0.839 bits per heavy atom. The predicted octanol–water partition coefficient (Wildman–Crippen LogP) is 1.55. The molecule has 3 heterocycles. The molecule has 0 radical (unpaired) electrons. The van der Waals surface area contributed by atoms with Crippen LogP contribution in [0.3, 0.4) is 0 Å². The van der Waals surface area contributed by atoms with Crippen LogP contribution >= 0.6 is 0 Å². The second-order valence-electron chi connectivity index (χ2n) is 6.96. The van der Waals surface area contributed by atoms with Crippen LogP contribution in [0.2, 0.25) is 0 Å². The summed E-state index contributed by atoms with van der Waals surface area (Å²) in [5.41, 5.74) is 1.61. The van der Waals surface area contributed by atoms with Gasteiger partial charge in [0, 0.05) is 43.6 Å². The number of nitrogens with one attached hydrogen (secondary N) is 1. The van der Waals surface area contributed by atoms with Crippen LogP contribution in [-0.2, 0) is 9.47 Å². The highest BCUT2D eigenvalue weighted by molar-refractivity contribution is 5.63. The van der Waals surface area contributed by atoms with E-state index < -0.39 is 0 Å². The summed E-state index contributed by atoms with van der Waals surface area (Å²) >= 11 is 0. The molecular formula is C21H22N8O2. The van der Waals surface area contributed by atoms with Crippen molar-refractivity contribution in [3.8, 4) is 23.5 Å². The Morgan fingerprint density at radius 2 is 1.35 bits per heavy atom. The first-order valence-corrected chi connectivity index (χ1v) is 10.1. The number of hydrogen-bond acceptors (Lipinski definition) is 10. The number of allylic oxidation sites excluding steroid dienone is 1. The van der Waals surface area contributed by atoms with E-state index in [0.29, 0.717) is 44.1 Å². The van der Waals surface area contributed by atoms with Crippen molar-refractivity contribution in [2.24, 2.45) is 0 Å². The van der Waals surface area contributed by atoms with Crippen LogP contribution in [0.25, 0.3) is 11.4 Å². The summed E-state index contributed by atoms with van der Waals surface area (Å²) in [6.45, 7) is 5.54. The number of hydrogen-bond donors (Lipinski definition) is 1. The highest BCUT2D eigenvalue weighted by Crippen LogP contribution is 2.24. The molecule has 2 fully saturated rings. The monoisotopic (exact) mass is 418 g/mol. The van der Waals surface area contributed by atoms with E-state index in [1.807, 2.05) is 36.4 Å². The molecule has 0 aliphatic carbocycles. The zero-order valence-electron chi connectivity index (χ0n) is 17.0. The zero-order chi connectivity index (χ0) is 21.5. The van der Waals surface area contributed by atoms with Gasteiger partial charge in [-0.3, -0.25) is 0 Å². The molecule has 2 saturated heterocycles. The Balaban J connectivity index is 1.62. The summed E-state index contributed by atoms with van der Waals surface area (Å²) in [5.74, 6) is 1.88. The van der Waals surface area contributed by atoms with Crippen molar-refractivity contribution in [2.45, 2.75) is 0 Å². The summed E-state index contributed by atoms with van der Waals surface area (Å²) in [6, 6.07) is 11.1.